The summed E-state index contributed by atoms with van der Waals surface area (Å²) in [6.45, 7) is 4.07. The van der Waals surface area contributed by atoms with Crippen LogP contribution in [0, 0.1) is 0 Å². The highest BCUT2D eigenvalue weighted by molar-refractivity contribution is 6.33. The van der Waals surface area contributed by atoms with E-state index in [4.69, 9.17) is 30.5 Å². The quantitative estimate of drug-likeness (QED) is 0.300. The Kier molecular flexibility index (Phi) is 8.25. The number of aromatic nitrogens is 4. The summed E-state index contributed by atoms with van der Waals surface area (Å²) in [7, 11) is 0. The van der Waals surface area contributed by atoms with Crippen molar-refractivity contribution in [3.63, 3.8) is 0 Å². The van der Waals surface area contributed by atoms with E-state index in [2.05, 4.69) is 15.0 Å². The van der Waals surface area contributed by atoms with Gasteiger partial charge in [0.05, 0.1) is 12.9 Å². The van der Waals surface area contributed by atoms with Crippen molar-refractivity contribution in [1.82, 2.24) is 19.5 Å². The smallest absolute Gasteiger partial charge is 0.303 e. The number of halogens is 1. The second-order valence-electron chi connectivity index (χ2n) is 6.41. The van der Waals surface area contributed by atoms with Crippen LogP contribution in [-0.4, -0.2) is 68.3 Å². The molecule has 0 saturated carbocycles. The maximum absolute atomic E-state index is 11.8. The Labute approximate surface area is 181 Å². The largest absolute Gasteiger partial charge is 0.462 e. The molecule has 31 heavy (non-hydrogen) atoms. The number of fused-ring (bicyclic) bond motifs is 1. The Bertz CT molecular complexity index is 979. The minimum absolute atomic E-state index is 0.0980. The number of ether oxygens (including phenoxy) is 4. The van der Waals surface area contributed by atoms with E-state index in [1.165, 1.54) is 17.2 Å². The van der Waals surface area contributed by atoms with Gasteiger partial charge in [-0.25, -0.2) is 15.0 Å². The number of rotatable bonds is 9. The predicted octanol–water partition coefficient (Wildman–Crippen LogP) is 0.838. The number of imidazole rings is 1. The normalized spacial score (nSPS) is 13.7. The highest BCUT2D eigenvalue weighted by Crippen LogP contribution is 2.21. The second kappa shape index (κ2) is 10.7. The number of hydrogen-bond donors (Lipinski definition) is 0. The van der Waals surface area contributed by atoms with Crippen LogP contribution < -0.4 is 0 Å². The summed E-state index contributed by atoms with van der Waals surface area (Å²) in [6.07, 6.45) is -1.09. The van der Waals surface area contributed by atoms with Gasteiger partial charge in [-0.05, 0) is 0 Å². The number of esters is 4. The van der Waals surface area contributed by atoms with E-state index in [0.29, 0.717) is 11.2 Å². The second-order valence-corrected chi connectivity index (χ2v) is 6.76. The number of carbonyl (C=O) groups excluding carboxylic acids is 4. The fourth-order valence-electron chi connectivity index (χ4n) is 2.79. The molecule has 0 bridgehead atoms. The van der Waals surface area contributed by atoms with E-state index < -0.39 is 48.8 Å². The van der Waals surface area contributed by atoms with Gasteiger partial charge in [-0.2, -0.15) is 0 Å². The zero-order valence-electron chi connectivity index (χ0n) is 17.2. The van der Waals surface area contributed by atoms with Crippen molar-refractivity contribution in [2.24, 2.45) is 0 Å². The van der Waals surface area contributed by atoms with E-state index in [0.717, 1.165) is 27.7 Å². The van der Waals surface area contributed by atoms with Crippen molar-refractivity contribution >= 4 is 46.6 Å². The van der Waals surface area contributed by atoms with E-state index in [1.54, 1.807) is 0 Å². The van der Waals surface area contributed by atoms with Crippen LogP contribution in [0.15, 0.2) is 12.7 Å². The van der Waals surface area contributed by atoms with Gasteiger partial charge >= 0.3 is 23.9 Å². The Hall–Kier alpha value is -3.28. The lowest BCUT2D eigenvalue weighted by Gasteiger charge is -2.31. The number of nitrogens with zero attached hydrogens (tertiary/aromatic N) is 4. The SMILES string of the molecule is CC(=O)OC[C@@H](OC(C)=O)[C@@H](OC(C)=O)[C@@H](Cn1cnc2c(Cl)ncnc21)OC(C)=O. The summed E-state index contributed by atoms with van der Waals surface area (Å²) < 4.78 is 22.3. The fourth-order valence-corrected chi connectivity index (χ4v) is 2.97. The lowest BCUT2D eigenvalue weighted by Crippen LogP contribution is -2.49. The van der Waals surface area contributed by atoms with Gasteiger partial charge in [-0.15, -0.1) is 0 Å². The third kappa shape index (κ3) is 6.88. The summed E-state index contributed by atoms with van der Waals surface area (Å²) >= 11 is 6.01. The number of hydrogen-bond acceptors (Lipinski definition) is 11. The predicted molar refractivity (Wildman–Crippen MR) is 104 cm³/mol. The van der Waals surface area contributed by atoms with Crippen molar-refractivity contribution in [2.45, 2.75) is 52.6 Å². The molecule has 2 aromatic heterocycles. The molecule has 0 aliphatic rings. The summed E-state index contributed by atoms with van der Waals surface area (Å²) in [4.78, 5) is 58.5. The Morgan fingerprint density at radius 3 is 2.10 bits per heavy atom. The molecule has 13 heteroatoms. The standard InChI is InChI=1S/C18H21ClN4O8/c1-9(24)28-6-14(30-11(3)26)16(31-12(4)27)13(29-10(2)25)5-23-8-22-15-17(19)20-7-21-18(15)23/h7-8,13-14,16H,5-6H2,1-4H3/t13-,14-,16+/m1/s1. The minimum Gasteiger partial charge on any atom is -0.462 e. The first-order valence-corrected chi connectivity index (χ1v) is 9.42. The van der Waals surface area contributed by atoms with Gasteiger partial charge in [0.15, 0.2) is 29.1 Å². The Morgan fingerprint density at radius 1 is 0.903 bits per heavy atom. The van der Waals surface area contributed by atoms with Crippen molar-refractivity contribution in [3.05, 3.63) is 17.8 Å². The van der Waals surface area contributed by atoms with Gasteiger partial charge in [0.1, 0.15) is 18.5 Å². The van der Waals surface area contributed by atoms with Gasteiger partial charge < -0.3 is 23.5 Å². The summed E-state index contributed by atoms with van der Waals surface area (Å²) in [5.74, 6) is -2.78. The topological polar surface area (TPSA) is 149 Å². The lowest BCUT2D eigenvalue weighted by molar-refractivity contribution is -0.190. The molecular formula is C18H21ClN4O8. The van der Waals surface area contributed by atoms with Gasteiger partial charge in [-0.3, -0.25) is 19.2 Å². The summed E-state index contributed by atoms with van der Waals surface area (Å²) in [5, 5.41) is 0.122. The molecule has 0 unspecified atom stereocenters. The van der Waals surface area contributed by atoms with Gasteiger partial charge in [0.25, 0.3) is 0 Å². The molecule has 3 atom stereocenters. The van der Waals surface area contributed by atoms with Crippen LogP contribution in [0.1, 0.15) is 27.7 Å². The van der Waals surface area contributed by atoms with Crippen LogP contribution in [0.4, 0.5) is 0 Å². The van der Waals surface area contributed by atoms with Crippen molar-refractivity contribution in [1.29, 1.82) is 0 Å². The minimum atomic E-state index is -1.31. The van der Waals surface area contributed by atoms with Gasteiger partial charge in [0.2, 0.25) is 0 Å². The van der Waals surface area contributed by atoms with E-state index in [9.17, 15) is 19.2 Å². The monoisotopic (exact) mass is 456 g/mol. The molecule has 0 spiro atoms. The van der Waals surface area contributed by atoms with E-state index in [-0.39, 0.29) is 11.7 Å². The average Bonchev–Trinajstić information content (AvgIpc) is 3.06. The van der Waals surface area contributed by atoms with Crippen molar-refractivity contribution in [2.75, 3.05) is 6.61 Å². The molecule has 0 aliphatic carbocycles. The molecule has 0 aliphatic heterocycles. The van der Waals surface area contributed by atoms with Crippen LogP contribution in [0.25, 0.3) is 11.2 Å². The lowest BCUT2D eigenvalue weighted by atomic mass is 10.1. The molecule has 0 amide bonds. The fraction of sp³-hybridized carbons (Fsp3) is 0.500. The first-order valence-electron chi connectivity index (χ1n) is 9.04. The maximum Gasteiger partial charge on any atom is 0.303 e. The van der Waals surface area contributed by atoms with Crippen LogP contribution in [0.5, 0.6) is 0 Å². The molecule has 0 aromatic carbocycles. The summed E-state index contributed by atoms with van der Waals surface area (Å²) in [6, 6.07) is 0. The van der Waals surface area contributed by atoms with Gasteiger partial charge in [-0.1, -0.05) is 11.6 Å². The van der Waals surface area contributed by atoms with Crippen molar-refractivity contribution < 1.29 is 38.1 Å². The van der Waals surface area contributed by atoms with Gasteiger partial charge in [0, 0.05) is 27.7 Å². The highest BCUT2D eigenvalue weighted by atomic mass is 35.5. The molecule has 2 aromatic rings. The van der Waals surface area contributed by atoms with Crippen molar-refractivity contribution in [3.8, 4) is 0 Å². The molecule has 0 N–H and O–H groups in total. The third-order valence-electron chi connectivity index (χ3n) is 3.85. The average molecular weight is 457 g/mol. The van der Waals surface area contributed by atoms with Crippen LogP contribution in [0.3, 0.4) is 0 Å². The molecule has 2 rings (SSSR count). The third-order valence-corrected chi connectivity index (χ3v) is 4.13. The first-order chi connectivity index (χ1) is 14.6. The molecule has 0 fully saturated rings. The first kappa shape index (κ1) is 24.0. The molecule has 0 saturated heterocycles. The molecular weight excluding hydrogens is 436 g/mol. The summed E-state index contributed by atoms with van der Waals surface area (Å²) in [5.41, 5.74) is 0.647. The number of carbonyl (C=O) groups is 4. The zero-order valence-corrected chi connectivity index (χ0v) is 18.0. The van der Waals surface area contributed by atoms with E-state index in [1.807, 2.05) is 0 Å². The maximum atomic E-state index is 11.8. The molecule has 168 valence electrons. The molecule has 12 nitrogen and oxygen atoms in total. The highest BCUT2D eigenvalue weighted by Gasteiger charge is 2.38. The molecule has 2 heterocycles. The Morgan fingerprint density at radius 2 is 1.52 bits per heavy atom. The van der Waals surface area contributed by atoms with Crippen LogP contribution >= 0.6 is 11.6 Å². The van der Waals surface area contributed by atoms with Crippen LogP contribution in [0.2, 0.25) is 5.15 Å². The molecule has 0 radical (unpaired) electrons. The van der Waals surface area contributed by atoms with E-state index >= 15 is 0 Å². The van der Waals surface area contributed by atoms with Crippen LogP contribution in [-0.2, 0) is 44.7 Å². The zero-order chi connectivity index (χ0) is 23.1. The Balaban J connectivity index is 2.44.